The van der Waals surface area contributed by atoms with Gasteiger partial charge in [0.15, 0.2) is 11.5 Å². The van der Waals surface area contributed by atoms with Crippen LogP contribution >= 0.6 is 0 Å². The highest BCUT2D eigenvalue weighted by Crippen LogP contribution is 2.27. The van der Waals surface area contributed by atoms with E-state index in [0.29, 0.717) is 5.75 Å². The van der Waals surface area contributed by atoms with E-state index in [0.717, 1.165) is 0 Å². The summed E-state index contributed by atoms with van der Waals surface area (Å²) >= 11 is 0. The van der Waals surface area contributed by atoms with Crippen molar-refractivity contribution >= 4 is 16.7 Å². The number of hydrogen-bond donors (Lipinski definition) is 3. The molecule has 0 aromatic heterocycles. The number of rotatable bonds is 4. The fourth-order valence-electron chi connectivity index (χ4n) is 1.12. The summed E-state index contributed by atoms with van der Waals surface area (Å²) in [6.07, 6.45) is 1.54. The van der Waals surface area contributed by atoms with Crippen molar-refractivity contribution in [2.45, 2.75) is 0 Å². The van der Waals surface area contributed by atoms with Gasteiger partial charge in [-0.15, -0.1) is 0 Å². The first-order chi connectivity index (χ1) is 7.52. The zero-order valence-corrected chi connectivity index (χ0v) is 9.58. The van der Waals surface area contributed by atoms with E-state index in [4.69, 9.17) is 0 Å². The van der Waals surface area contributed by atoms with Gasteiger partial charge in [-0.2, -0.15) is 0 Å². The Bertz CT molecular complexity index is 419. The lowest BCUT2D eigenvalue weighted by atomic mass is 10.2. The maximum atomic E-state index is 11.5. The van der Waals surface area contributed by atoms with E-state index in [1.807, 2.05) is 0 Å². The van der Waals surface area contributed by atoms with Gasteiger partial charge in [0.25, 0.3) is 5.91 Å². The molecule has 0 heterocycles. The molecule has 3 N–H and O–H groups in total. The van der Waals surface area contributed by atoms with Crippen molar-refractivity contribution in [3.8, 4) is 11.5 Å². The summed E-state index contributed by atoms with van der Waals surface area (Å²) in [5, 5.41) is 21.1. The van der Waals surface area contributed by atoms with Crippen LogP contribution in [0.2, 0.25) is 0 Å². The standard InChI is InChI=1S/C10H13NO4S/c1-16(15)6-5-11-10(14)7-3-2-4-8(12)9(7)13/h2-4,12-13H,5-6H2,1H3,(H,11,14). The van der Waals surface area contributed by atoms with Gasteiger partial charge < -0.3 is 15.5 Å². The van der Waals surface area contributed by atoms with Crippen molar-refractivity contribution in [3.05, 3.63) is 23.8 Å². The highest BCUT2D eigenvalue weighted by molar-refractivity contribution is 7.84. The molecule has 0 aliphatic heterocycles. The van der Waals surface area contributed by atoms with Crippen LogP contribution in [0.25, 0.3) is 0 Å². The molecule has 1 rings (SSSR count). The van der Waals surface area contributed by atoms with Crippen molar-refractivity contribution in [3.63, 3.8) is 0 Å². The van der Waals surface area contributed by atoms with Crippen molar-refractivity contribution in [2.24, 2.45) is 0 Å². The van der Waals surface area contributed by atoms with Gasteiger partial charge in [0, 0.05) is 29.4 Å². The maximum absolute atomic E-state index is 11.5. The fourth-order valence-corrected chi connectivity index (χ4v) is 1.51. The lowest BCUT2D eigenvalue weighted by molar-refractivity contribution is 0.0953. The third kappa shape index (κ3) is 3.23. The molecule has 1 aromatic rings. The molecule has 0 aliphatic carbocycles. The van der Waals surface area contributed by atoms with Crippen molar-refractivity contribution in [2.75, 3.05) is 18.6 Å². The first-order valence-corrected chi connectivity index (χ1v) is 6.34. The predicted molar refractivity (Wildman–Crippen MR) is 61.0 cm³/mol. The zero-order valence-electron chi connectivity index (χ0n) is 8.77. The zero-order chi connectivity index (χ0) is 12.1. The second kappa shape index (κ2) is 5.50. The number of carbonyl (C=O) groups excluding carboxylic acids is 1. The predicted octanol–water partition coefficient (Wildman–Crippen LogP) is 0.206. The van der Waals surface area contributed by atoms with E-state index in [2.05, 4.69) is 5.32 Å². The highest BCUT2D eigenvalue weighted by Gasteiger charge is 2.13. The Morgan fingerprint density at radius 3 is 2.75 bits per heavy atom. The topological polar surface area (TPSA) is 86.6 Å². The summed E-state index contributed by atoms with van der Waals surface area (Å²) in [5.74, 6) is -0.936. The lowest BCUT2D eigenvalue weighted by Crippen LogP contribution is -2.27. The van der Waals surface area contributed by atoms with Crippen molar-refractivity contribution < 1.29 is 19.2 Å². The fraction of sp³-hybridized carbons (Fsp3) is 0.300. The number of amides is 1. The van der Waals surface area contributed by atoms with Crippen LogP contribution in [-0.4, -0.2) is 38.9 Å². The summed E-state index contributed by atoms with van der Waals surface area (Å²) < 4.78 is 10.8. The Kier molecular flexibility index (Phi) is 4.30. The molecular formula is C10H13NO4S. The molecule has 0 aliphatic rings. The minimum atomic E-state index is -0.975. The lowest BCUT2D eigenvalue weighted by Gasteiger charge is -2.06. The molecule has 5 nitrogen and oxygen atoms in total. The number of carbonyl (C=O) groups is 1. The van der Waals surface area contributed by atoms with Crippen LogP contribution in [0.3, 0.4) is 0 Å². The average molecular weight is 243 g/mol. The first-order valence-electron chi connectivity index (χ1n) is 4.61. The van der Waals surface area contributed by atoms with Crippen LogP contribution < -0.4 is 5.32 Å². The molecule has 16 heavy (non-hydrogen) atoms. The molecule has 0 fully saturated rings. The normalized spacial score (nSPS) is 12.1. The van der Waals surface area contributed by atoms with Gasteiger partial charge in [0.2, 0.25) is 0 Å². The SMILES string of the molecule is CS(=O)CCNC(=O)c1cccc(O)c1O. The van der Waals surface area contributed by atoms with E-state index in [9.17, 15) is 19.2 Å². The largest absolute Gasteiger partial charge is 0.504 e. The van der Waals surface area contributed by atoms with E-state index in [-0.39, 0.29) is 17.9 Å². The number of aromatic hydroxyl groups is 2. The molecule has 0 saturated carbocycles. The molecule has 0 spiro atoms. The van der Waals surface area contributed by atoms with Gasteiger partial charge in [-0.25, -0.2) is 0 Å². The summed E-state index contributed by atoms with van der Waals surface area (Å²) in [7, 11) is -0.975. The van der Waals surface area contributed by atoms with Crippen molar-refractivity contribution in [1.29, 1.82) is 0 Å². The summed E-state index contributed by atoms with van der Waals surface area (Å²) in [4.78, 5) is 11.5. The number of hydrogen-bond acceptors (Lipinski definition) is 4. The molecule has 0 radical (unpaired) electrons. The average Bonchev–Trinajstić information content (AvgIpc) is 2.21. The van der Waals surface area contributed by atoms with E-state index in [1.165, 1.54) is 24.5 Å². The molecule has 1 aromatic carbocycles. The van der Waals surface area contributed by atoms with Crippen LogP contribution in [-0.2, 0) is 10.8 Å². The Labute approximate surface area is 95.6 Å². The molecule has 0 bridgehead atoms. The molecular weight excluding hydrogens is 230 g/mol. The molecule has 1 unspecified atom stereocenters. The Balaban J connectivity index is 2.66. The van der Waals surface area contributed by atoms with Gasteiger partial charge in [-0.3, -0.25) is 9.00 Å². The highest BCUT2D eigenvalue weighted by atomic mass is 32.2. The number of phenols is 2. The van der Waals surface area contributed by atoms with Gasteiger partial charge in [0.1, 0.15) is 0 Å². The van der Waals surface area contributed by atoms with Crippen LogP contribution in [0.5, 0.6) is 11.5 Å². The van der Waals surface area contributed by atoms with Crippen LogP contribution in [0.15, 0.2) is 18.2 Å². The minimum Gasteiger partial charge on any atom is -0.504 e. The van der Waals surface area contributed by atoms with E-state index < -0.39 is 22.5 Å². The number of benzene rings is 1. The molecule has 1 atom stereocenters. The smallest absolute Gasteiger partial charge is 0.255 e. The summed E-state index contributed by atoms with van der Waals surface area (Å²) in [5.41, 5.74) is 0.00175. The molecule has 1 amide bonds. The second-order valence-electron chi connectivity index (χ2n) is 3.21. The Morgan fingerprint density at radius 2 is 2.12 bits per heavy atom. The van der Waals surface area contributed by atoms with Crippen LogP contribution in [0.1, 0.15) is 10.4 Å². The second-order valence-corrected chi connectivity index (χ2v) is 4.76. The quantitative estimate of drug-likeness (QED) is 0.660. The number of nitrogens with one attached hydrogen (secondary N) is 1. The van der Waals surface area contributed by atoms with Gasteiger partial charge in [0.05, 0.1) is 5.56 Å². The molecule has 0 saturated heterocycles. The Hall–Kier alpha value is -1.56. The number of para-hydroxylation sites is 1. The maximum Gasteiger partial charge on any atom is 0.255 e. The summed E-state index contributed by atoms with van der Waals surface area (Å²) in [6, 6.07) is 4.14. The number of phenolic OH excluding ortho intramolecular Hbond substituents is 2. The summed E-state index contributed by atoms with van der Waals surface area (Å²) in [6.45, 7) is 0.261. The first kappa shape index (κ1) is 12.5. The third-order valence-corrected chi connectivity index (χ3v) is 2.71. The monoisotopic (exact) mass is 243 g/mol. The van der Waals surface area contributed by atoms with E-state index >= 15 is 0 Å². The van der Waals surface area contributed by atoms with E-state index in [1.54, 1.807) is 0 Å². The van der Waals surface area contributed by atoms with Crippen LogP contribution in [0.4, 0.5) is 0 Å². The Morgan fingerprint density at radius 1 is 1.44 bits per heavy atom. The van der Waals surface area contributed by atoms with Crippen molar-refractivity contribution in [1.82, 2.24) is 5.32 Å². The third-order valence-electron chi connectivity index (χ3n) is 1.93. The van der Waals surface area contributed by atoms with Gasteiger partial charge in [-0.1, -0.05) is 6.07 Å². The van der Waals surface area contributed by atoms with Gasteiger partial charge in [-0.05, 0) is 12.1 Å². The van der Waals surface area contributed by atoms with Gasteiger partial charge >= 0.3 is 0 Å². The van der Waals surface area contributed by atoms with Crippen LogP contribution in [0, 0.1) is 0 Å². The molecule has 6 heteroatoms. The minimum absolute atomic E-state index is 0.00175. The molecule has 88 valence electrons.